The predicted octanol–water partition coefficient (Wildman–Crippen LogP) is 1.34. The molecule has 0 bridgehead atoms. The molecule has 1 aliphatic heterocycles. The Labute approximate surface area is 115 Å². The van der Waals surface area contributed by atoms with Crippen LogP contribution in [0.15, 0.2) is 15.5 Å². The number of rotatable bonds is 4. The molecule has 1 atom stereocenters. The average Bonchev–Trinajstić information content (AvgIpc) is 2.83. The Bertz CT molecular complexity index is 474. The quantitative estimate of drug-likeness (QED) is 0.911. The first-order chi connectivity index (χ1) is 8.69. The standard InChI is InChI=1S/C12H19BrN4O/c1-2-5-17-12(18)11(13)10(8-15-17)16-6-3-4-9(16)7-14/h8-9H,2-7,14H2,1H3. The van der Waals surface area contributed by atoms with Crippen LogP contribution in [0.3, 0.4) is 0 Å². The van der Waals surface area contributed by atoms with Gasteiger partial charge in [0.15, 0.2) is 0 Å². The minimum atomic E-state index is -0.0583. The van der Waals surface area contributed by atoms with Crippen LogP contribution in [0, 0.1) is 0 Å². The first kappa shape index (κ1) is 13.5. The highest BCUT2D eigenvalue weighted by Crippen LogP contribution is 2.28. The molecule has 0 aromatic carbocycles. The smallest absolute Gasteiger partial charge is 0.283 e. The molecule has 1 saturated heterocycles. The SMILES string of the molecule is CCCn1ncc(N2CCCC2CN)c(Br)c1=O. The maximum Gasteiger partial charge on any atom is 0.283 e. The first-order valence-corrected chi connectivity index (χ1v) is 7.20. The van der Waals surface area contributed by atoms with Crippen molar-refractivity contribution in [1.29, 1.82) is 0 Å². The van der Waals surface area contributed by atoms with E-state index in [4.69, 9.17) is 5.73 Å². The van der Waals surface area contributed by atoms with Gasteiger partial charge in [-0.1, -0.05) is 6.92 Å². The Morgan fingerprint density at radius 2 is 2.39 bits per heavy atom. The normalized spacial score (nSPS) is 19.5. The number of aromatic nitrogens is 2. The number of aryl methyl sites for hydroxylation is 1. The van der Waals surface area contributed by atoms with Gasteiger partial charge in [0.2, 0.25) is 0 Å². The largest absolute Gasteiger partial charge is 0.365 e. The summed E-state index contributed by atoms with van der Waals surface area (Å²) in [5, 5.41) is 4.23. The van der Waals surface area contributed by atoms with Crippen molar-refractivity contribution in [3.63, 3.8) is 0 Å². The van der Waals surface area contributed by atoms with Crippen molar-refractivity contribution in [2.75, 3.05) is 18.0 Å². The second kappa shape index (κ2) is 5.84. The summed E-state index contributed by atoms with van der Waals surface area (Å²) in [5.41, 5.74) is 6.58. The minimum Gasteiger partial charge on any atom is -0.365 e. The number of hydrogen-bond acceptors (Lipinski definition) is 4. The molecule has 1 aliphatic rings. The lowest BCUT2D eigenvalue weighted by atomic mass is 10.2. The molecule has 1 fully saturated rings. The number of nitrogens with two attached hydrogens (primary N) is 1. The number of nitrogens with zero attached hydrogens (tertiary/aromatic N) is 3. The third kappa shape index (κ3) is 2.44. The van der Waals surface area contributed by atoms with Crippen molar-refractivity contribution in [3.8, 4) is 0 Å². The van der Waals surface area contributed by atoms with E-state index in [1.807, 2.05) is 6.92 Å². The molecule has 18 heavy (non-hydrogen) atoms. The van der Waals surface area contributed by atoms with Gasteiger partial charge in [0, 0.05) is 25.7 Å². The average molecular weight is 315 g/mol. The van der Waals surface area contributed by atoms with Gasteiger partial charge in [-0.05, 0) is 35.2 Å². The molecule has 0 radical (unpaired) electrons. The summed E-state index contributed by atoms with van der Waals surface area (Å²) < 4.78 is 2.10. The first-order valence-electron chi connectivity index (χ1n) is 6.41. The van der Waals surface area contributed by atoms with Crippen LogP contribution in [0.25, 0.3) is 0 Å². The molecule has 0 saturated carbocycles. The zero-order valence-electron chi connectivity index (χ0n) is 10.6. The molecule has 0 aliphatic carbocycles. The summed E-state index contributed by atoms with van der Waals surface area (Å²) in [6, 6.07) is 0.324. The predicted molar refractivity (Wildman–Crippen MR) is 75.9 cm³/mol. The molecular formula is C12H19BrN4O. The van der Waals surface area contributed by atoms with Crippen molar-refractivity contribution < 1.29 is 0 Å². The zero-order valence-corrected chi connectivity index (χ0v) is 12.2. The van der Waals surface area contributed by atoms with E-state index < -0.39 is 0 Å². The van der Waals surface area contributed by atoms with Gasteiger partial charge in [-0.2, -0.15) is 5.10 Å². The summed E-state index contributed by atoms with van der Waals surface area (Å²) in [7, 11) is 0. The lowest BCUT2D eigenvalue weighted by Crippen LogP contribution is -2.37. The Hall–Kier alpha value is -0.880. The van der Waals surface area contributed by atoms with Crippen LogP contribution in [0.2, 0.25) is 0 Å². The highest BCUT2D eigenvalue weighted by Gasteiger charge is 2.26. The molecule has 1 aromatic heterocycles. The zero-order chi connectivity index (χ0) is 13.1. The maximum atomic E-state index is 12.1. The highest BCUT2D eigenvalue weighted by atomic mass is 79.9. The third-order valence-corrected chi connectivity index (χ3v) is 4.11. The van der Waals surface area contributed by atoms with E-state index in [1.165, 1.54) is 4.68 Å². The van der Waals surface area contributed by atoms with E-state index in [9.17, 15) is 4.79 Å². The molecule has 100 valence electrons. The van der Waals surface area contributed by atoms with Gasteiger partial charge in [-0.3, -0.25) is 4.79 Å². The summed E-state index contributed by atoms with van der Waals surface area (Å²) in [6.45, 7) is 4.24. The van der Waals surface area contributed by atoms with Gasteiger partial charge in [0.05, 0.1) is 11.9 Å². The van der Waals surface area contributed by atoms with E-state index in [-0.39, 0.29) is 5.56 Å². The topological polar surface area (TPSA) is 64.2 Å². The fourth-order valence-corrected chi connectivity index (χ4v) is 2.96. The van der Waals surface area contributed by atoms with Gasteiger partial charge >= 0.3 is 0 Å². The minimum absolute atomic E-state index is 0.0583. The van der Waals surface area contributed by atoms with Crippen LogP contribution in [0.5, 0.6) is 0 Å². The molecule has 2 rings (SSSR count). The fraction of sp³-hybridized carbons (Fsp3) is 0.667. The van der Waals surface area contributed by atoms with E-state index in [1.54, 1.807) is 6.20 Å². The van der Waals surface area contributed by atoms with Crippen molar-refractivity contribution in [2.24, 2.45) is 5.73 Å². The van der Waals surface area contributed by atoms with Crippen LogP contribution in [-0.4, -0.2) is 28.9 Å². The van der Waals surface area contributed by atoms with Gasteiger partial charge in [0.1, 0.15) is 4.47 Å². The second-order valence-electron chi connectivity index (χ2n) is 4.60. The summed E-state index contributed by atoms with van der Waals surface area (Å²) in [6.07, 6.45) is 4.87. The molecule has 0 amide bonds. The number of halogens is 1. The Morgan fingerprint density at radius 1 is 1.61 bits per heavy atom. The van der Waals surface area contributed by atoms with Crippen molar-refractivity contribution in [2.45, 2.75) is 38.8 Å². The van der Waals surface area contributed by atoms with Crippen LogP contribution >= 0.6 is 15.9 Å². The van der Waals surface area contributed by atoms with Gasteiger partial charge in [-0.25, -0.2) is 4.68 Å². The summed E-state index contributed by atoms with van der Waals surface area (Å²) in [4.78, 5) is 14.3. The molecule has 0 spiro atoms. The van der Waals surface area contributed by atoms with Crippen molar-refractivity contribution in [1.82, 2.24) is 9.78 Å². The molecule has 2 heterocycles. The lowest BCUT2D eigenvalue weighted by Gasteiger charge is -2.26. The van der Waals surface area contributed by atoms with Crippen molar-refractivity contribution >= 4 is 21.6 Å². The van der Waals surface area contributed by atoms with Gasteiger partial charge in [-0.15, -0.1) is 0 Å². The second-order valence-corrected chi connectivity index (χ2v) is 5.39. The maximum absolute atomic E-state index is 12.1. The van der Waals surface area contributed by atoms with E-state index >= 15 is 0 Å². The fourth-order valence-electron chi connectivity index (χ4n) is 2.43. The monoisotopic (exact) mass is 314 g/mol. The molecular weight excluding hydrogens is 296 g/mol. The van der Waals surface area contributed by atoms with E-state index in [2.05, 4.69) is 25.9 Å². The lowest BCUT2D eigenvalue weighted by molar-refractivity contribution is 0.562. The van der Waals surface area contributed by atoms with Crippen LogP contribution < -0.4 is 16.2 Å². The van der Waals surface area contributed by atoms with Crippen LogP contribution in [-0.2, 0) is 6.54 Å². The Kier molecular flexibility index (Phi) is 4.40. The van der Waals surface area contributed by atoms with Crippen LogP contribution in [0.1, 0.15) is 26.2 Å². The number of hydrogen-bond donors (Lipinski definition) is 1. The molecule has 2 N–H and O–H groups in total. The van der Waals surface area contributed by atoms with Gasteiger partial charge in [0.25, 0.3) is 5.56 Å². The molecule has 1 unspecified atom stereocenters. The highest BCUT2D eigenvalue weighted by molar-refractivity contribution is 9.10. The number of anilines is 1. The van der Waals surface area contributed by atoms with E-state index in [0.29, 0.717) is 23.6 Å². The Morgan fingerprint density at radius 3 is 3.06 bits per heavy atom. The summed E-state index contributed by atoms with van der Waals surface area (Å²) >= 11 is 3.41. The van der Waals surface area contributed by atoms with Crippen molar-refractivity contribution in [3.05, 3.63) is 21.0 Å². The molecule has 6 heteroatoms. The Balaban J connectivity index is 2.35. The van der Waals surface area contributed by atoms with Gasteiger partial charge < -0.3 is 10.6 Å². The molecule has 1 aromatic rings. The third-order valence-electron chi connectivity index (χ3n) is 3.36. The summed E-state index contributed by atoms with van der Waals surface area (Å²) in [5.74, 6) is 0. The molecule has 5 nitrogen and oxygen atoms in total. The van der Waals surface area contributed by atoms with E-state index in [0.717, 1.165) is 31.5 Å². The van der Waals surface area contributed by atoms with Crippen LogP contribution in [0.4, 0.5) is 5.69 Å².